The second-order valence-electron chi connectivity index (χ2n) is 7.64. The van der Waals surface area contributed by atoms with Gasteiger partial charge in [0.05, 0.1) is 12.3 Å². The molecule has 1 heterocycles. The first-order chi connectivity index (χ1) is 13.6. The SMILES string of the molecule is CCNC(=NCCS(=O)(=O)NCC1CCC1)NC1CCN(c2ccccc2)C1. The molecule has 0 radical (unpaired) electrons. The Labute approximate surface area is 169 Å². The molecule has 1 saturated heterocycles. The summed E-state index contributed by atoms with van der Waals surface area (Å²) in [5.41, 5.74) is 1.23. The zero-order valence-corrected chi connectivity index (χ0v) is 17.5. The van der Waals surface area contributed by atoms with E-state index in [0.717, 1.165) is 38.9 Å². The smallest absolute Gasteiger partial charge is 0.213 e. The van der Waals surface area contributed by atoms with Crippen LogP contribution in [-0.2, 0) is 10.0 Å². The molecular formula is C20H33N5O2S. The van der Waals surface area contributed by atoms with Crippen LogP contribution in [0.3, 0.4) is 0 Å². The van der Waals surface area contributed by atoms with Crippen molar-refractivity contribution in [3.8, 4) is 0 Å². The molecule has 28 heavy (non-hydrogen) atoms. The molecule has 1 aromatic rings. The van der Waals surface area contributed by atoms with Gasteiger partial charge in [-0.2, -0.15) is 0 Å². The summed E-state index contributed by atoms with van der Waals surface area (Å²) in [6.07, 6.45) is 4.52. The summed E-state index contributed by atoms with van der Waals surface area (Å²) in [5, 5.41) is 6.68. The van der Waals surface area contributed by atoms with E-state index in [1.807, 2.05) is 13.0 Å². The van der Waals surface area contributed by atoms with Crippen LogP contribution in [0.5, 0.6) is 0 Å². The number of sulfonamides is 1. The highest BCUT2D eigenvalue weighted by Gasteiger charge is 2.23. The molecule has 1 unspecified atom stereocenters. The van der Waals surface area contributed by atoms with E-state index in [0.29, 0.717) is 24.5 Å². The first-order valence-electron chi connectivity index (χ1n) is 10.4. The first-order valence-corrected chi connectivity index (χ1v) is 12.0. The number of hydrogen-bond donors (Lipinski definition) is 3. The van der Waals surface area contributed by atoms with E-state index in [9.17, 15) is 8.42 Å². The van der Waals surface area contributed by atoms with Gasteiger partial charge in [-0.05, 0) is 44.2 Å². The molecule has 0 bridgehead atoms. The third-order valence-corrected chi connectivity index (χ3v) is 6.77. The van der Waals surface area contributed by atoms with Crippen LogP contribution >= 0.6 is 0 Å². The van der Waals surface area contributed by atoms with Crippen molar-refractivity contribution in [2.45, 2.75) is 38.6 Å². The summed E-state index contributed by atoms with van der Waals surface area (Å²) in [4.78, 5) is 6.84. The summed E-state index contributed by atoms with van der Waals surface area (Å²) >= 11 is 0. The molecule has 0 amide bonds. The highest BCUT2D eigenvalue weighted by Crippen LogP contribution is 2.25. The zero-order chi connectivity index (χ0) is 19.8. The number of guanidine groups is 1. The van der Waals surface area contributed by atoms with Crippen molar-refractivity contribution in [1.29, 1.82) is 0 Å². The minimum atomic E-state index is -3.26. The number of para-hydroxylation sites is 1. The maximum atomic E-state index is 12.1. The Morgan fingerprint density at radius 2 is 2.00 bits per heavy atom. The molecule has 0 aromatic heterocycles. The summed E-state index contributed by atoms with van der Waals surface area (Å²) in [6.45, 7) is 5.50. The molecule has 156 valence electrons. The summed E-state index contributed by atoms with van der Waals surface area (Å²) < 4.78 is 27.0. The van der Waals surface area contributed by atoms with Gasteiger partial charge in [-0.1, -0.05) is 24.6 Å². The number of nitrogens with zero attached hydrogens (tertiary/aromatic N) is 2. The molecule has 0 spiro atoms. The van der Waals surface area contributed by atoms with Crippen molar-refractivity contribution < 1.29 is 8.42 Å². The summed E-state index contributed by atoms with van der Waals surface area (Å²) in [6, 6.07) is 10.7. The molecule has 1 atom stereocenters. The lowest BCUT2D eigenvalue weighted by atomic mass is 9.86. The van der Waals surface area contributed by atoms with Crippen molar-refractivity contribution in [2.24, 2.45) is 10.9 Å². The molecule has 1 aliphatic carbocycles. The molecule has 7 nitrogen and oxygen atoms in total. The van der Waals surface area contributed by atoms with Gasteiger partial charge in [-0.25, -0.2) is 13.1 Å². The molecule has 3 N–H and O–H groups in total. The Morgan fingerprint density at radius 1 is 1.21 bits per heavy atom. The summed E-state index contributed by atoms with van der Waals surface area (Å²) in [5.74, 6) is 1.24. The van der Waals surface area contributed by atoms with Gasteiger partial charge < -0.3 is 15.5 Å². The topological polar surface area (TPSA) is 85.8 Å². The summed E-state index contributed by atoms with van der Waals surface area (Å²) in [7, 11) is -3.26. The van der Waals surface area contributed by atoms with E-state index in [1.54, 1.807) is 0 Å². The molecular weight excluding hydrogens is 374 g/mol. The van der Waals surface area contributed by atoms with Gasteiger partial charge in [0.1, 0.15) is 0 Å². The number of anilines is 1. The van der Waals surface area contributed by atoms with Gasteiger partial charge in [-0.3, -0.25) is 4.99 Å². The molecule has 1 saturated carbocycles. The molecule has 2 fully saturated rings. The Balaban J connectivity index is 1.46. The Kier molecular flexibility index (Phi) is 7.56. The molecule has 1 aromatic carbocycles. The number of rotatable bonds is 9. The zero-order valence-electron chi connectivity index (χ0n) is 16.7. The lowest BCUT2D eigenvalue weighted by molar-refractivity contribution is 0.316. The van der Waals surface area contributed by atoms with Crippen LogP contribution in [0.2, 0.25) is 0 Å². The van der Waals surface area contributed by atoms with Crippen LogP contribution in [0, 0.1) is 5.92 Å². The maximum Gasteiger partial charge on any atom is 0.213 e. The quantitative estimate of drug-likeness (QED) is 0.427. The Hall–Kier alpha value is -1.80. The molecule has 8 heteroatoms. The fraction of sp³-hybridized carbons (Fsp3) is 0.650. The minimum Gasteiger partial charge on any atom is -0.369 e. The van der Waals surface area contributed by atoms with Gasteiger partial charge in [0, 0.05) is 37.9 Å². The molecule has 3 rings (SSSR count). The largest absolute Gasteiger partial charge is 0.369 e. The number of aliphatic imine (C=N–C) groups is 1. The second-order valence-corrected chi connectivity index (χ2v) is 9.56. The van der Waals surface area contributed by atoms with Gasteiger partial charge in [0.25, 0.3) is 0 Å². The van der Waals surface area contributed by atoms with Crippen LogP contribution in [0.1, 0.15) is 32.6 Å². The Bertz CT molecular complexity index is 734. The van der Waals surface area contributed by atoms with Gasteiger partial charge in [0.2, 0.25) is 10.0 Å². The standard InChI is InChI=1S/C20H33N5O2S/c1-2-21-20(22-12-14-28(26,27)23-15-17-7-6-8-17)24-18-11-13-25(16-18)19-9-4-3-5-10-19/h3-5,9-10,17-18,23H,2,6-8,11-16H2,1H3,(H2,21,22,24). The van der Waals surface area contributed by atoms with Crippen molar-refractivity contribution in [3.05, 3.63) is 30.3 Å². The van der Waals surface area contributed by atoms with E-state index in [1.165, 1.54) is 12.1 Å². The first kappa shape index (κ1) is 20.9. The second kappa shape index (κ2) is 10.1. The normalized spacial score (nSPS) is 20.8. The van der Waals surface area contributed by atoms with E-state index in [2.05, 4.69) is 49.5 Å². The van der Waals surface area contributed by atoms with Crippen LogP contribution < -0.4 is 20.3 Å². The van der Waals surface area contributed by atoms with E-state index in [-0.39, 0.29) is 12.3 Å². The lowest BCUT2D eigenvalue weighted by Gasteiger charge is -2.25. The average Bonchev–Trinajstić information content (AvgIpc) is 3.09. The van der Waals surface area contributed by atoms with Gasteiger partial charge >= 0.3 is 0 Å². The van der Waals surface area contributed by atoms with Gasteiger partial charge in [-0.15, -0.1) is 0 Å². The van der Waals surface area contributed by atoms with Crippen molar-refractivity contribution >= 4 is 21.7 Å². The van der Waals surface area contributed by atoms with Crippen molar-refractivity contribution in [1.82, 2.24) is 15.4 Å². The fourth-order valence-corrected chi connectivity index (χ4v) is 4.52. The number of benzene rings is 1. The molecule has 2 aliphatic rings. The monoisotopic (exact) mass is 407 g/mol. The number of hydrogen-bond acceptors (Lipinski definition) is 4. The minimum absolute atomic E-state index is 0.0249. The lowest BCUT2D eigenvalue weighted by Crippen LogP contribution is -2.45. The van der Waals surface area contributed by atoms with E-state index in [4.69, 9.17) is 0 Å². The van der Waals surface area contributed by atoms with Gasteiger partial charge in [0.15, 0.2) is 5.96 Å². The highest BCUT2D eigenvalue weighted by molar-refractivity contribution is 7.89. The van der Waals surface area contributed by atoms with Crippen LogP contribution in [0.4, 0.5) is 5.69 Å². The van der Waals surface area contributed by atoms with E-state index >= 15 is 0 Å². The van der Waals surface area contributed by atoms with Crippen LogP contribution in [0.15, 0.2) is 35.3 Å². The third-order valence-electron chi connectivity index (χ3n) is 5.44. The Morgan fingerprint density at radius 3 is 2.68 bits per heavy atom. The van der Waals surface area contributed by atoms with E-state index < -0.39 is 10.0 Å². The predicted octanol–water partition coefficient (Wildman–Crippen LogP) is 1.54. The number of nitrogens with one attached hydrogen (secondary N) is 3. The fourth-order valence-electron chi connectivity index (χ4n) is 3.56. The highest BCUT2D eigenvalue weighted by atomic mass is 32.2. The third kappa shape index (κ3) is 6.38. The average molecular weight is 408 g/mol. The maximum absolute atomic E-state index is 12.1. The van der Waals surface area contributed by atoms with Crippen molar-refractivity contribution in [3.63, 3.8) is 0 Å². The van der Waals surface area contributed by atoms with Crippen LogP contribution in [-0.4, -0.2) is 58.9 Å². The molecule has 1 aliphatic heterocycles. The van der Waals surface area contributed by atoms with Crippen molar-refractivity contribution in [2.75, 3.05) is 43.4 Å². The predicted molar refractivity (Wildman–Crippen MR) is 115 cm³/mol. The van der Waals surface area contributed by atoms with Crippen LogP contribution in [0.25, 0.3) is 0 Å².